The molecule has 1 rings (SSSR count). The van der Waals surface area contributed by atoms with Crippen LogP contribution < -0.4 is 20.9 Å². The molecule has 0 bridgehead atoms. The van der Waals surface area contributed by atoms with E-state index < -0.39 is 0 Å². The van der Waals surface area contributed by atoms with E-state index in [2.05, 4.69) is 20.4 Å². The molecule has 8 heteroatoms. The molecule has 3 N–H and O–H groups in total. The Morgan fingerprint density at radius 2 is 2.00 bits per heavy atom. The minimum Gasteiger partial charge on any atom is -0.463 e. The summed E-state index contributed by atoms with van der Waals surface area (Å²) in [5.41, 5.74) is 2.42. The van der Waals surface area contributed by atoms with Gasteiger partial charge in [0.2, 0.25) is 11.9 Å². The van der Waals surface area contributed by atoms with E-state index >= 15 is 0 Å². The molecule has 1 aromatic heterocycles. The molecule has 0 atom stereocenters. The number of nitrogens with one attached hydrogen (secondary N) is 1. The van der Waals surface area contributed by atoms with E-state index in [-0.39, 0.29) is 12.0 Å². The summed E-state index contributed by atoms with van der Waals surface area (Å²) in [6.07, 6.45) is 0.883. The first-order chi connectivity index (χ1) is 9.24. The van der Waals surface area contributed by atoms with Gasteiger partial charge in [-0.2, -0.15) is 15.0 Å². The van der Waals surface area contributed by atoms with Gasteiger partial charge in [-0.3, -0.25) is 5.43 Å². The monoisotopic (exact) mass is 270 g/mol. The summed E-state index contributed by atoms with van der Waals surface area (Å²) in [6, 6.07) is 0.274. The molecule has 0 amide bonds. The predicted octanol–water partition coefficient (Wildman–Crippen LogP) is 0.419. The molecule has 8 nitrogen and oxygen atoms in total. The van der Waals surface area contributed by atoms with Crippen LogP contribution in [0.2, 0.25) is 0 Å². The molecule has 0 saturated carbocycles. The summed E-state index contributed by atoms with van der Waals surface area (Å²) in [5, 5.41) is 0. The van der Waals surface area contributed by atoms with Crippen molar-refractivity contribution in [2.45, 2.75) is 20.3 Å². The van der Waals surface area contributed by atoms with E-state index in [0.29, 0.717) is 25.7 Å². The number of nitrogens with two attached hydrogens (primary N) is 1. The molecule has 0 aromatic carbocycles. The summed E-state index contributed by atoms with van der Waals surface area (Å²) in [5.74, 6) is 6.16. The molecule has 0 unspecified atom stereocenters. The highest BCUT2D eigenvalue weighted by atomic mass is 16.5. The molecule has 1 heterocycles. The van der Waals surface area contributed by atoms with Crippen LogP contribution in [0.5, 0.6) is 6.01 Å². The Labute approximate surface area is 113 Å². The molecule has 0 fully saturated rings. The van der Waals surface area contributed by atoms with Crippen molar-refractivity contribution in [3.05, 3.63) is 0 Å². The first-order valence-corrected chi connectivity index (χ1v) is 6.34. The van der Waals surface area contributed by atoms with Crippen LogP contribution in [0.1, 0.15) is 20.3 Å². The minimum absolute atomic E-state index is 0.274. The highest BCUT2D eigenvalue weighted by Gasteiger charge is 2.12. The van der Waals surface area contributed by atoms with Gasteiger partial charge in [-0.15, -0.1) is 0 Å². The maximum Gasteiger partial charge on any atom is 0.323 e. The molecule has 0 spiro atoms. The third kappa shape index (κ3) is 4.84. The number of aromatic nitrogens is 3. The smallest absolute Gasteiger partial charge is 0.323 e. The zero-order valence-electron chi connectivity index (χ0n) is 11.7. The van der Waals surface area contributed by atoms with Crippen molar-refractivity contribution in [2.24, 2.45) is 5.84 Å². The minimum atomic E-state index is 0.274. The first-order valence-electron chi connectivity index (χ1n) is 6.34. The highest BCUT2D eigenvalue weighted by Crippen LogP contribution is 2.14. The number of hydrazine groups is 1. The van der Waals surface area contributed by atoms with Crippen LogP contribution in [-0.2, 0) is 4.74 Å². The number of anilines is 2. The van der Waals surface area contributed by atoms with Crippen molar-refractivity contribution in [1.29, 1.82) is 0 Å². The zero-order chi connectivity index (χ0) is 14.1. The molecule has 0 aliphatic heterocycles. The van der Waals surface area contributed by atoms with Gasteiger partial charge in [0, 0.05) is 20.2 Å². The van der Waals surface area contributed by atoms with Crippen molar-refractivity contribution in [1.82, 2.24) is 15.0 Å². The number of methoxy groups -OCH3 is 1. The molecule has 108 valence electrons. The molecule has 0 saturated heterocycles. The first kappa shape index (κ1) is 15.4. The summed E-state index contributed by atoms with van der Waals surface area (Å²) in [7, 11) is 1.66. The molecule has 0 aliphatic carbocycles. The number of rotatable bonds is 9. The van der Waals surface area contributed by atoms with E-state index in [1.54, 1.807) is 7.11 Å². The lowest BCUT2D eigenvalue weighted by Crippen LogP contribution is -2.29. The SMILES string of the molecule is CCCOc1nc(NN)nc(N(CC)CCOC)n1. The normalized spacial score (nSPS) is 10.3. The van der Waals surface area contributed by atoms with E-state index in [4.69, 9.17) is 15.3 Å². The van der Waals surface area contributed by atoms with Crippen molar-refractivity contribution < 1.29 is 9.47 Å². The van der Waals surface area contributed by atoms with Gasteiger partial charge >= 0.3 is 6.01 Å². The van der Waals surface area contributed by atoms with Gasteiger partial charge in [0.15, 0.2) is 0 Å². The lowest BCUT2D eigenvalue weighted by Gasteiger charge is -2.20. The van der Waals surface area contributed by atoms with Crippen LogP contribution >= 0.6 is 0 Å². The van der Waals surface area contributed by atoms with Crippen LogP contribution in [-0.4, -0.2) is 48.4 Å². The average Bonchev–Trinajstić information content (AvgIpc) is 2.45. The number of hydrogen-bond acceptors (Lipinski definition) is 8. The maximum absolute atomic E-state index is 5.42. The quantitative estimate of drug-likeness (QED) is 0.492. The van der Waals surface area contributed by atoms with Gasteiger partial charge in [-0.05, 0) is 13.3 Å². The van der Waals surface area contributed by atoms with Gasteiger partial charge in [-0.25, -0.2) is 5.84 Å². The van der Waals surface area contributed by atoms with E-state index in [1.807, 2.05) is 18.7 Å². The Kier molecular flexibility index (Phi) is 6.83. The Bertz CT molecular complexity index is 376. The van der Waals surface area contributed by atoms with Crippen LogP contribution in [0.25, 0.3) is 0 Å². The Morgan fingerprint density at radius 1 is 1.21 bits per heavy atom. The van der Waals surface area contributed by atoms with Crippen molar-refractivity contribution in [3.8, 4) is 6.01 Å². The Balaban J connectivity index is 2.89. The topological polar surface area (TPSA) is 98.4 Å². The molecule has 0 aliphatic rings. The lowest BCUT2D eigenvalue weighted by atomic mass is 10.5. The van der Waals surface area contributed by atoms with E-state index in [0.717, 1.165) is 13.0 Å². The largest absolute Gasteiger partial charge is 0.463 e. The van der Waals surface area contributed by atoms with Gasteiger partial charge < -0.3 is 14.4 Å². The Morgan fingerprint density at radius 3 is 2.58 bits per heavy atom. The maximum atomic E-state index is 5.42. The van der Waals surface area contributed by atoms with Crippen molar-refractivity contribution in [3.63, 3.8) is 0 Å². The fraction of sp³-hybridized carbons (Fsp3) is 0.727. The molecule has 1 aromatic rings. The third-order valence-corrected chi connectivity index (χ3v) is 2.40. The highest BCUT2D eigenvalue weighted by molar-refractivity contribution is 5.37. The number of nitrogens with zero attached hydrogens (tertiary/aromatic N) is 4. The molecular formula is C11H22N6O2. The van der Waals surface area contributed by atoms with Crippen LogP contribution in [0.3, 0.4) is 0 Å². The zero-order valence-corrected chi connectivity index (χ0v) is 11.7. The van der Waals surface area contributed by atoms with Gasteiger partial charge in [-0.1, -0.05) is 6.92 Å². The predicted molar refractivity (Wildman–Crippen MR) is 73.2 cm³/mol. The van der Waals surface area contributed by atoms with Crippen LogP contribution in [0, 0.1) is 0 Å². The lowest BCUT2D eigenvalue weighted by molar-refractivity contribution is 0.205. The van der Waals surface area contributed by atoms with E-state index in [1.165, 1.54) is 0 Å². The average molecular weight is 270 g/mol. The third-order valence-electron chi connectivity index (χ3n) is 2.40. The second-order valence-corrected chi connectivity index (χ2v) is 3.81. The summed E-state index contributed by atoms with van der Waals surface area (Å²) in [6.45, 7) is 6.62. The summed E-state index contributed by atoms with van der Waals surface area (Å²) < 4.78 is 10.5. The molecular weight excluding hydrogens is 248 g/mol. The molecule has 0 radical (unpaired) electrons. The van der Waals surface area contributed by atoms with Crippen LogP contribution in [0.15, 0.2) is 0 Å². The second kappa shape index (κ2) is 8.44. The second-order valence-electron chi connectivity index (χ2n) is 3.81. The molecule has 19 heavy (non-hydrogen) atoms. The standard InChI is InChI=1S/C11H22N6O2/c1-4-7-19-11-14-9(16-12)13-10(15-11)17(5-2)6-8-18-3/h4-8,12H2,1-3H3,(H,13,14,15,16). The van der Waals surface area contributed by atoms with E-state index in [9.17, 15) is 0 Å². The number of ether oxygens (including phenoxy) is 2. The fourth-order valence-electron chi connectivity index (χ4n) is 1.41. The van der Waals surface area contributed by atoms with Crippen molar-refractivity contribution >= 4 is 11.9 Å². The Hall–Kier alpha value is -1.67. The number of nitrogen functional groups attached to an aromatic ring is 1. The van der Waals surface area contributed by atoms with Crippen molar-refractivity contribution in [2.75, 3.05) is 43.7 Å². The summed E-state index contributed by atoms with van der Waals surface area (Å²) >= 11 is 0. The number of hydrogen-bond donors (Lipinski definition) is 2. The van der Waals surface area contributed by atoms with Gasteiger partial charge in [0.05, 0.1) is 13.2 Å². The number of likely N-dealkylation sites (N-methyl/N-ethyl adjacent to an activating group) is 1. The fourth-order valence-corrected chi connectivity index (χ4v) is 1.41. The van der Waals surface area contributed by atoms with Crippen LogP contribution in [0.4, 0.5) is 11.9 Å². The van der Waals surface area contributed by atoms with Gasteiger partial charge in [0.1, 0.15) is 0 Å². The van der Waals surface area contributed by atoms with Gasteiger partial charge in [0.25, 0.3) is 0 Å². The summed E-state index contributed by atoms with van der Waals surface area (Å²) in [4.78, 5) is 14.5.